The number of hydrogen-bond donors (Lipinski definition) is 1. The molecule has 0 aliphatic heterocycles. The molecule has 0 bridgehead atoms. The monoisotopic (exact) mass is 422 g/mol. The molecule has 4 aromatic rings. The molecular weight excluding hydrogens is 400 g/mol. The van der Waals surface area contributed by atoms with Gasteiger partial charge in [0.05, 0.1) is 31.2 Å². The number of benzene rings is 2. The number of methoxy groups -OCH3 is 1. The minimum atomic E-state index is -0.351. The second-order valence-corrected chi connectivity index (χ2v) is 6.91. The molecule has 160 valence electrons. The molecule has 0 spiro atoms. The predicted octanol–water partition coefficient (Wildman–Crippen LogP) is 2.95. The normalized spacial score (nSPS) is 11.0. The maximum atomic E-state index is 12.0. The Morgan fingerprint density at radius 3 is 2.77 bits per heavy atom. The van der Waals surface area contributed by atoms with Crippen LogP contribution in [0.25, 0.3) is 22.4 Å². The van der Waals surface area contributed by atoms with Crippen molar-refractivity contribution in [1.82, 2.24) is 19.7 Å². The topological polar surface area (TPSA) is 112 Å². The molecule has 0 fully saturated rings. The molecule has 0 radical (unpaired) electrons. The van der Waals surface area contributed by atoms with E-state index in [2.05, 4.69) is 15.1 Å². The molecule has 9 nitrogen and oxygen atoms in total. The van der Waals surface area contributed by atoms with E-state index in [4.69, 9.17) is 14.0 Å². The fourth-order valence-electron chi connectivity index (χ4n) is 3.23. The predicted molar refractivity (Wildman–Crippen MR) is 113 cm³/mol. The first-order chi connectivity index (χ1) is 15.1. The summed E-state index contributed by atoms with van der Waals surface area (Å²) in [5.41, 5.74) is 2.25. The summed E-state index contributed by atoms with van der Waals surface area (Å²) in [5, 5.41) is 3.94. The van der Waals surface area contributed by atoms with Crippen molar-refractivity contribution in [1.29, 1.82) is 0 Å². The van der Waals surface area contributed by atoms with Crippen LogP contribution in [-0.2, 0) is 22.5 Å². The van der Waals surface area contributed by atoms with Crippen LogP contribution >= 0.6 is 0 Å². The van der Waals surface area contributed by atoms with Crippen LogP contribution in [0.3, 0.4) is 0 Å². The maximum Gasteiger partial charge on any atom is 0.326 e. The van der Waals surface area contributed by atoms with Crippen molar-refractivity contribution in [2.75, 3.05) is 13.7 Å². The van der Waals surface area contributed by atoms with Gasteiger partial charge in [0.2, 0.25) is 11.7 Å². The van der Waals surface area contributed by atoms with Crippen LogP contribution in [0.15, 0.2) is 57.8 Å². The Bertz CT molecular complexity index is 1220. The lowest BCUT2D eigenvalue weighted by Crippen LogP contribution is -2.18. The maximum absolute atomic E-state index is 12.0. The lowest BCUT2D eigenvalue weighted by atomic mass is 10.2. The Labute approximate surface area is 177 Å². The van der Waals surface area contributed by atoms with Gasteiger partial charge in [0.15, 0.2) is 0 Å². The second-order valence-electron chi connectivity index (χ2n) is 6.91. The van der Waals surface area contributed by atoms with Gasteiger partial charge in [-0.1, -0.05) is 17.3 Å². The Balaban J connectivity index is 1.22. The zero-order valence-electron chi connectivity index (χ0n) is 17.0. The van der Waals surface area contributed by atoms with E-state index in [-0.39, 0.29) is 24.7 Å². The Hall–Kier alpha value is -3.88. The van der Waals surface area contributed by atoms with Crippen molar-refractivity contribution in [3.63, 3.8) is 0 Å². The van der Waals surface area contributed by atoms with Gasteiger partial charge in [0.1, 0.15) is 5.75 Å². The van der Waals surface area contributed by atoms with Crippen molar-refractivity contribution >= 4 is 17.0 Å². The zero-order chi connectivity index (χ0) is 21.6. The number of ether oxygens (including phenoxy) is 2. The molecule has 0 atom stereocenters. The Kier molecular flexibility index (Phi) is 6.11. The average molecular weight is 422 g/mol. The van der Waals surface area contributed by atoms with E-state index in [9.17, 15) is 9.59 Å². The molecule has 0 aliphatic carbocycles. The molecule has 2 aromatic carbocycles. The van der Waals surface area contributed by atoms with E-state index < -0.39 is 0 Å². The summed E-state index contributed by atoms with van der Waals surface area (Å²) in [6.45, 7) is 0.691. The lowest BCUT2D eigenvalue weighted by molar-refractivity contribution is -0.143. The quantitative estimate of drug-likeness (QED) is 0.326. The molecule has 0 unspecified atom stereocenters. The average Bonchev–Trinajstić information content (AvgIpc) is 3.39. The number of nitrogens with one attached hydrogen (secondary N) is 1. The van der Waals surface area contributed by atoms with Crippen LogP contribution < -0.4 is 10.4 Å². The minimum absolute atomic E-state index is 0.136. The number of esters is 1. The third-order valence-corrected chi connectivity index (χ3v) is 4.83. The third-order valence-electron chi connectivity index (χ3n) is 4.83. The van der Waals surface area contributed by atoms with Gasteiger partial charge in [-0.2, -0.15) is 4.98 Å². The number of fused-ring (bicyclic) bond motifs is 1. The van der Waals surface area contributed by atoms with Gasteiger partial charge in [-0.25, -0.2) is 4.79 Å². The Morgan fingerprint density at radius 2 is 1.97 bits per heavy atom. The lowest BCUT2D eigenvalue weighted by Gasteiger charge is -2.05. The number of aryl methyl sites for hydroxylation is 2. The number of nitrogens with zero attached hydrogens (tertiary/aromatic N) is 3. The fourth-order valence-corrected chi connectivity index (χ4v) is 3.23. The van der Waals surface area contributed by atoms with Gasteiger partial charge in [-0.05, 0) is 42.8 Å². The highest BCUT2D eigenvalue weighted by Crippen LogP contribution is 2.20. The van der Waals surface area contributed by atoms with E-state index in [0.717, 1.165) is 22.3 Å². The van der Waals surface area contributed by atoms with Crippen molar-refractivity contribution in [2.24, 2.45) is 0 Å². The van der Waals surface area contributed by atoms with Gasteiger partial charge in [-0.3, -0.25) is 9.36 Å². The first kappa shape index (κ1) is 20.4. The number of aromatic nitrogens is 4. The summed E-state index contributed by atoms with van der Waals surface area (Å²) in [6, 6.07) is 14.8. The van der Waals surface area contributed by atoms with Crippen molar-refractivity contribution in [3.05, 3.63) is 64.9 Å². The number of rotatable bonds is 9. The first-order valence-corrected chi connectivity index (χ1v) is 9.94. The molecule has 0 aliphatic rings. The van der Waals surface area contributed by atoms with Gasteiger partial charge in [-0.15, -0.1) is 0 Å². The molecule has 4 rings (SSSR count). The van der Waals surface area contributed by atoms with E-state index in [1.54, 1.807) is 11.7 Å². The molecular formula is C22H22N4O5. The highest BCUT2D eigenvalue weighted by atomic mass is 16.5. The third kappa shape index (κ3) is 4.82. The number of para-hydroxylation sites is 2. The fraction of sp³-hybridized carbons (Fsp3) is 0.273. The summed E-state index contributed by atoms with van der Waals surface area (Å²) in [6.07, 6.45) is 0.969. The first-order valence-electron chi connectivity index (χ1n) is 9.94. The number of aromatic amines is 1. The van der Waals surface area contributed by atoms with Crippen LogP contribution in [0.1, 0.15) is 18.7 Å². The van der Waals surface area contributed by atoms with Crippen LogP contribution in [0.4, 0.5) is 0 Å². The molecule has 2 heterocycles. The molecule has 9 heteroatoms. The summed E-state index contributed by atoms with van der Waals surface area (Å²) >= 11 is 0. The number of carbonyl (C=O) groups is 1. The van der Waals surface area contributed by atoms with E-state index in [0.29, 0.717) is 31.1 Å². The van der Waals surface area contributed by atoms with Crippen molar-refractivity contribution in [3.8, 4) is 17.1 Å². The zero-order valence-corrected chi connectivity index (χ0v) is 17.0. The summed E-state index contributed by atoms with van der Waals surface area (Å²) < 4.78 is 17.2. The minimum Gasteiger partial charge on any atom is -0.497 e. The van der Waals surface area contributed by atoms with E-state index >= 15 is 0 Å². The van der Waals surface area contributed by atoms with Gasteiger partial charge in [0, 0.05) is 18.5 Å². The Morgan fingerprint density at radius 1 is 1.16 bits per heavy atom. The molecule has 0 amide bonds. The van der Waals surface area contributed by atoms with Crippen LogP contribution in [0.5, 0.6) is 5.75 Å². The molecule has 0 saturated carbocycles. The molecule has 2 aromatic heterocycles. The molecule has 31 heavy (non-hydrogen) atoms. The summed E-state index contributed by atoms with van der Waals surface area (Å²) in [4.78, 5) is 31.2. The number of hydrogen-bond acceptors (Lipinski definition) is 7. The molecule has 1 N–H and O–H groups in total. The highest BCUT2D eigenvalue weighted by molar-refractivity contribution is 5.74. The van der Waals surface area contributed by atoms with E-state index in [1.165, 1.54) is 0 Å². The molecule has 0 saturated heterocycles. The number of H-pyrrole nitrogens is 1. The van der Waals surface area contributed by atoms with E-state index in [1.807, 2.05) is 48.5 Å². The SMILES string of the molecule is COc1ccc(-c2noc(CCC(=O)OCCCn3c(=O)[nH]c4ccccc43)n2)cc1. The summed E-state index contributed by atoms with van der Waals surface area (Å²) in [5.74, 6) is 1.21. The van der Waals surface area contributed by atoms with Gasteiger partial charge in [0.25, 0.3) is 0 Å². The number of imidazole rings is 1. The van der Waals surface area contributed by atoms with Crippen LogP contribution in [-0.4, -0.2) is 39.4 Å². The van der Waals surface area contributed by atoms with Crippen molar-refractivity contribution in [2.45, 2.75) is 25.8 Å². The smallest absolute Gasteiger partial charge is 0.326 e. The van der Waals surface area contributed by atoms with Gasteiger partial charge < -0.3 is 19.0 Å². The van der Waals surface area contributed by atoms with Crippen molar-refractivity contribution < 1.29 is 18.8 Å². The van der Waals surface area contributed by atoms with Crippen LogP contribution in [0, 0.1) is 0 Å². The number of carbonyl (C=O) groups excluding carboxylic acids is 1. The highest BCUT2D eigenvalue weighted by Gasteiger charge is 2.12. The van der Waals surface area contributed by atoms with Crippen LogP contribution in [0.2, 0.25) is 0 Å². The second kappa shape index (κ2) is 9.29. The summed E-state index contributed by atoms with van der Waals surface area (Å²) in [7, 11) is 1.60. The standard InChI is InChI=1S/C22H22N4O5/c1-29-16-9-7-15(8-10-16)21-24-19(31-25-21)11-12-20(27)30-14-4-13-26-18-6-3-2-5-17(18)23-22(26)28/h2-3,5-10H,4,11-14H2,1H3,(H,23,28). The van der Waals surface area contributed by atoms with Gasteiger partial charge >= 0.3 is 11.7 Å². The largest absolute Gasteiger partial charge is 0.497 e.